The van der Waals surface area contributed by atoms with E-state index in [0.29, 0.717) is 12.2 Å². The molecule has 3 rings (SSSR count). The first-order chi connectivity index (χ1) is 12.6. The standard InChI is InChI=1S/C21H32N2O3/c1-3-26-19-8-7-18(15-17(19)2)20(24)22-16-21(9-5-4-6-10-21)23-11-13-25-14-12-23/h7-8,15H,3-6,9-14,16H2,1-2H3,(H,22,24). The molecule has 0 atom stereocenters. The van der Waals surface area contributed by atoms with Gasteiger partial charge in [0.2, 0.25) is 0 Å². The van der Waals surface area contributed by atoms with E-state index in [9.17, 15) is 4.79 Å². The van der Waals surface area contributed by atoms with Gasteiger partial charge in [0.15, 0.2) is 0 Å². The van der Waals surface area contributed by atoms with E-state index in [4.69, 9.17) is 9.47 Å². The van der Waals surface area contributed by atoms with Crippen LogP contribution in [0.3, 0.4) is 0 Å². The zero-order valence-corrected chi connectivity index (χ0v) is 16.2. The second-order valence-electron chi connectivity index (χ2n) is 7.48. The number of amides is 1. The van der Waals surface area contributed by atoms with Crippen molar-refractivity contribution in [2.75, 3.05) is 39.5 Å². The summed E-state index contributed by atoms with van der Waals surface area (Å²) in [5.74, 6) is 0.857. The lowest BCUT2D eigenvalue weighted by Crippen LogP contribution is -2.59. The van der Waals surface area contributed by atoms with Gasteiger partial charge in [0.1, 0.15) is 5.75 Å². The molecule has 1 aliphatic carbocycles. The van der Waals surface area contributed by atoms with Crippen LogP contribution in [0.4, 0.5) is 0 Å². The van der Waals surface area contributed by atoms with Crippen LogP contribution in [-0.2, 0) is 4.74 Å². The predicted molar refractivity (Wildman–Crippen MR) is 103 cm³/mol. The van der Waals surface area contributed by atoms with Crippen molar-refractivity contribution in [3.05, 3.63) is 29.3 Å². The first-order valence-electron chi connectivity index (χ1n) is 9.99. The van der Waals surface area contributed by atoms with Crippen molar-refractivity contribution in [2.24, 2.45) is 0 Å². The van der Waals surface area contributed by atoms with Crippen LogP contribution in [0.15, 0.2) is 18.2 Å². The zero-order valence-electron chi connectivity index (χ0n) is 16.2. The van der Waals surface area contributed by atoms with Gasteiger partial charge in [-0.25, -0.2) is 0 Å². The average Bonchev–Trinajstić information content (AvgIpc) is 2.69. The van der Waals surface area contributed by atoms with Crippen molar-refractivity contribution >= 4 is 5.91 Å². The van der Waals surface area contributed by atoms with Crippen LogP contribution < -0.4 is 10.1 Å². The number of hydrogen-bond donors (Lipinski definition) is 1. The summed E-state index contributed by atoms with van der Waals surface area (Å²) < 4.78 is 11.1. The molecule has 0 radical (unpaired) electrons. The Labute approximate surface area is 157 Å². The fourth-order valence-corrected chi connectivity index (χ4v) is 4.31. The Bertz CT molecular complexity index is 605. The van der Waals surface area contributed by atoms with Gasteiger partial charge in [-0.3, -0.25) is 9.69 Å². The minimum absolute atomic E-state index is 0.00866. The lowest BCUT2D eigenvalue weighted by molar-refractivity contribution is -0.0361. The Hall–Kier alpha value is -1.59. The lowest BCUT2D eigenvalue weighted by atomic mass is 9.79. The Kier molecular flexibility index (Phi) is 6.54. The van der Waals surface area contributed by atoms with E-state index < -0.39 is 0 Å². The number of carbonyl (C=O) groups is 1. The maximum absolute atomic E-state index is 12.7. The topological polar surface area (TPSA) is 50.8 Å². The Morgan fingerprint density at radius 3 is 2.62 bits per heavy atom. The number of nitrogens with one attached hydrogen (secondary N) is 1. The quantitative estimate of drug-likeness (QED) is 0.847. The molecule has 0 spiro atoms. The number of morpholine rings is 1. The summed E-state index contributed by atoms with van der Waals surface area (Å²) in [5, 5.41) is 3.22. The van der Waals surface area contributed by atoms with Crippen LogP contribution in [0.1, 0.15) is 54.9 Å². The zero-order chi connectivity index (χ0) is 18.4. The first kappa shape index (κ1) is 19.2. The van der Waals surface area contributed by atoms with E-state index in [1.807, 2.05) is 32.0 Å². The van der Waals surface area contributed by atoms with Crippen LogP contribution in [0, 0.1) is 6.92 Å². The molecule has 1 aromatic rings. The fraction of sp³-hybridized carbons (Fsp3) is 0.667. The molecule has 1 saturated heterocycles. The van der Waals surface area contributed by atoms with Crippen molar-refractivity contribution in [3.63, 3.8) is 0 Å². The number of carbonyl (C=O) groups excluding carboxylic acids is 1. The minimum Gasteiger partial charge on any atom is -0.494 e. The van der Waals surface area contributed by atoms with E-state index >= 15 is 0 Å². The average molecular weight is 360 g/mol. The van der Waals surface area contributed by atoms with Crippen molar-refractivity contribution in [2.45, 2.75) is 51.5 Å². The van der Waals surface area contributed by atoms with Crippen LogP contribution in [-0.4, -0.2) is 55.8 Å². The highest BCUT2D eigenvalue weighted by atomic mass is 16.5. The third-order valence-electron chi connectivity index (χ3n) is 5.78. The summed E-state index contributed by atoms with van der Waals surface area (Å²) in [4.78, 5) is 15.3. The van der Waals surface area contributed by atoms with Gasteiger partial charge in [-0.05, 0) is 50.5 Å². The number of rotatable bonds is 6. The van der Waals surface area contributed by atoms with E-state index in [0.717, 1.165) is 57.0 Å². The van der Waals surface area contributed by atoms with E-state index in [1.165, 1.54) is 19.3 Å². The van der Waals surface area contributed by atoms with Gasteiger partial charge in [-0.1, -0.05) is 19.3 Å². The lowest BCUT2D eigenvalue weighted by Gasteiger charge is -2.48. The summed E-state index contributed by atoms with van der Waals surface area (Å²) in [6, 6.07) is 5.67. The molecular weight excluding hydrogens is 328 g/mol. The molecule has 1 heterocycles. The molecule has 2 fully saturated rings. The molecule has 0 aromatic heterocycles. The van der Waals surface area contributed by atoms with Crippen LogP contribution in [0.25, 0.3) is 0 Å². The van der Waals surface area contributed by atoms with Gasteiger partial charge in [0.25, 0.3) is 5.91 Å². The number of hydrogen-bond acceptors (Lipinski definition) is 4. The Balaban J connectivity index is 1.66. The molecule has 1 saturated carbocycles. The summed E-state index contributed by atoms with van der Waals surface area (Å²) in [6.07, 6.45) is 6.12. The molecule has 0 bridgehead atoms. The second kappa shape index (κ2) is 8.87. The van der Waals surface area contributed by atoms with Crippen LogP contribution >= 0.6 is 0 Å². The van der Waals surface area contributed by atoms with Crippen molar-refractivity contribution in [1.29, 1.82) is 0 Å². The molecule has 144 valence electrons. The minimum atomic E-state index is 0.00866. The third-order valence-corrected chi connectivity index (χ3v) is 5.78. The molecule has 1 aromatic carbocycles. The largest absolute Gasteiger partial charge is 0.494 e. The van der Waals surface area contributed by atoms with E-state index in [-0.39, 0.29) is 11.4 Å². The normalized spacial score (nSPS) is 20.5. The first-order valence-corrected chi connectivity index (χ1v) is 9.99. The van der Waals surface area contributed by atoms with Gasteiger partial charge < -0.3 is 14.8 Å². The highest BCUT2D eigenvalue weighted by Crippen LogP contribution is 2.34. The number of ether oxygens (including phenoxy) is 2. The monoisotopic (exact) mass is 360 g/mol. The van der Waals surface area contributed by atoms with Gasteiger partial charge >= 0.3 is 0 Å². The summed E-state index contributed by atoms with van der Waals surface area (Å²) in [5.41, 5.74) is 1.80. The molecule has 1 amide bonds. The molecule has 2 aliphatic rings. The molecule has 5 nitrogen and oxygen atoms in total. The van der Waals surface area contributed by atoms with E-state index in [2.05, 4.69) is 10.2 Å². The summed E-state index contributed by atoms with van der Waals surface area (Å²) >= 11 is 0. The predicted octanol–water partition coefficient (Wildman–Crippen LogP) is 3.16. The second-order valence-corrected chi connectivity index (χ2v) is 7.48. The Morgan fingerprint density at radius 2 is 1.96 bits per heavy atom. The molecule has 26 heavy (non-hydrogen) atoms. The SMILES string of the molecule is CCOc1ccc(C(=O)NCC2(N3CCOCC3)CCCCC2)cc1C. The highest BCUT2D eigenvalue weighted by molar-refractivity contribution is 5.94. The number of aryl methyl sites for hydroxylation is 1. The van der Waals surface area contributed by atoms with Gasteiger partial charge in [0, 0.05) is 30.7 Å². The third kappa shape index (κ3) is 4.38. The summed E-state index contributed by atoms with van der Waals surface area (Å²) in [7, 11) is 0. The number of nitrogens with zero attached hydrogens (tertiary/aromatic N) is 1. The van der Waals surface area contributed by atoms with Crippen LogP contribution in [0.5, 0.6) is 5.75 Å². The van der Waals surface area contributed by atoms with Gasteiger partial charge in [0.05, 0.1) is 19.8 Å². The van der Waals surface area contributed by atoms with Gasteiger partial charge in [-0.2, -0.15) is 0 Å². The Morgan fingerprint density at radius 1 is 1.23 bits per heavy atom. The smallest absolute Gasteiger partial charge is 0.251 e. The van der Waals surface area contributed by atoms with Crippen molar-refractivity contribution < 1.29 is 14.3 Å². The molecule has 1 aliphatic heterocycles. The maximum Gasteiger partial charge on any atom is 0.251 e. The summed E-state index contributed by atoms with van der Waals surface area (Å²) in [6.45, 7) is 8.84. The maximum atomic E-state index is 12.7. The van der Waals surface area contributed by atoms with Crippen molar-refractivity contribution in [3.8, 4) is 5.75 Å². The van der Waals surface area contributed by atoms with Gasteiger partial charge in [-0.15, -0.1) is 0 Å². The molecule has 0 unspecified atom stereocenters. The number of benzene rings is 1. The van der Waals surface area contributed by atoms with E-state index in [1.54, 1.807) is 0 Å². The molecule has 1 N–H and O–H groups in total. The van der Waals surface area contributed by atoms with Crippen molar-refractivity contribution in [1.82, 2.24) is 10.2 Å². The molecule has 5 heteroatoms. The molecular formula is C21H32N2O3. The highest BCUT2D eigenvalue weighted by Gasteiger charge is 2.38. The fourth-order valence-electron chi connectivity index (χ4n) is 4.31. The van der Waals surface area contributed by atoms with Crippen LogP contribution in [0.2, 0.25) is 0 Å².